The first-order valence-corrected chi connectivity index (χ1v) is 5.28. The van der Waals surface area contributed by atoms with E-state index in [1.807, 2.05) is 6.92 Å². The third-order valence-electron chi connectivity index (χ3n) is 2.08. The van der Waals surface area contributed by atoms with Crippen LogP contribution in [0, 0.1) is 12.7 Å². The Kier molecular flexibility index (Phi) is 4.12. The fourth-order valence-corrected chi connectivity index (χ4v) is 1.47. The van der Waals surface area contributed by atoms with Crippen molar-refractivity contribution in [1.82, 2.24) is 0 Å². The molecule has 2 N–H and O–H groups in total. The van der Waals surface area contributed by atoms with Crippen molar-refractivity contribution in [2.75, 3.05) is 12.3 Å². The quantitative estimate of drug-likeness (QED) is 0.658. The second-order valence-corrected chi connectivity index (χ2v) is 3.79. The van der Waals surface area contributed by atoms with Crippen LogP contribution >= 0.6 is 11.6 Å². The van der Waals surface area contributed by atoms with E-state index in [0.717, 1.165) is 0 Å². The van der Waals surface area contributed by atoms with E-state index >= 15 is 0 Å². The second-order valence-electron chi connectivity index (χ2n) is 3.41. The van der Waals surface area contributed by atoms with Gasteiger partial charge in [-0.15, -0.1) is 0 Å². The van der Waals surface area contributed by atoms with Crippen molar-refractivity contribution in [2.45, 2.75) is 20.3 Å². The van der Waals surface area contributed by atoms with Gasteiger partial charge in [-0.2, -0.15) is 0 Å². The van der Waals surface area contributed by atoms with Crippen LogP contribution in [0.3, 0.4) is 0 Å². The van der Waals surface area contributed by atoms with Gasteiger partial charge in [0, 0.05) is 0 Å². The highest BCUT2D eigenvalue weighted by molar-refractivity contribution is 6.35. The van der Waals surface area contributed by atoms with Crippen LogP contribution in [-0.4, -0.2) is 12.6 Å². The van der Waals surface area contributed by atoms with Crippen LogP contribution in [0.25, 0.3) is 0 Å². The van der Waals surface area contributed by atoms with Crippen LogP contribution < -0.4 is 5.73 Å². The molecule has 0 saturated heterocycles. The lowest BCUT2D eigenvalue weighted by Crippen LogP contribution is -2.11. The Bertz CT molecular complexity index is 395. The van der Waals surface area contributed by atoms with E-state index in [-0.39, 0.29) is 22.9 Å². The van der Waals surface area contributed by atoms with Gasteiger partial charge in [0.2, 0.25) is 0 Å². The van der Waals surface area contributed by atoms with E-state index in [2.05, 4.69) is 0 Å². The smallest absolute Gasteiger partial charge is 0.341 e. The first-order chi connectivity index (χ1) is 7.49. The molecule has 0 aliphatic carbocycles. The number of carbonyl (C=O) groups is 1. The Hall–Kier alpha value is -1.29. The maximum Gasteiger partial charge on any atom is 0.341 e. The number of benzene rings is 1. The standard InChI is InChI=1S/C11H13ClFNO2/c1-3-4-16-11(15)8-9(12)6(2)5-7(13)10(8)14/h5H,3-4,14H2,1-2H3. The van der Waals surface area contributed by atoms with Crippen LogP contribution in [0.5, 0.6) is 0 Å². The molecule has 1 aromatic rings. The minimum absolute atomic E-state index is 0.0902. The van der Waals surface area contributed by atoms with Crippen LogP contribution in [0.15, 0.2) is 6.07 Å². The number of anilines is 1. The molecule has 0 aliphatic heterocycles. The number of aryl methyl sites for hydroxylation is 1. The summed E-state index contributed by atoms with van der Waals surface area (Å²) in [7, 11) is 0. The van der Waals surface area contributed by atoms with Crippen molar-refractivity contribution < 1.29 is 13.9 Å². The molecule has 0 aromatic heterocycles. The summed E-state index contributed by atoms with van der Waals surface area (Å²) in [6.45, 7) is 3.71. The lowest BCUT2D eigenvalue weighted by molar-refractivity contribution is 0.0506. The molecule has 0 atom stereocenters. The second kappa shape index (κ2) is 5.16. The maximum atomic E-state index is 13.3. The molecule has 0 heterocycles. The Labute approximate surface area is 98.3 Å². The number of rotatable bonds is 3. The topological polar surface area (TPSA) is 52.3 Å². The van der Waals surface area contributed by atoms with Crippen LogP contribution in [0.2, 0.25) is 5.02 Å². The van der Waals surface area contributed by atoms with Gasteiger partial charge in [0.25, 0.3) is 0 Å². The highest BCUT2D eigenvalue weighted by Crippen LogP contribution is 2.29. The largest absolute Gasteiger partial charge is 0.462 e. The predicted molar refractivity (Wildman–Crippen MR) is 61.1 cm³/mol. The molecular formula is C11H13ClFNO2. The number of ether oxygens (including phenoxy) is 1. The molecule has 0 bridgehead atoms. The van der Waals surface area contributed by atoms with E-state index in [0.29, 0.717) is 12.0 Å². The van der Waals surface area contributed by atoms with Gasteiger partial charge in [0.15, 0.2) is 0 Å². The van der Waals surface area contributed by atoms with Crippen molar-refractivity contribution in [2.24, 2.45) is 0 Å². The van der Waals surface area contributed by atoms with Gasteiger partial charge in [-0.05, 0) is 25.0 Å². The monoisotopic (exact) mass is 245 g/mol. The average Bonchev–Trinajstić information content (AvgIpc) is 2.24. The van der Waals surface area contributed by atoms with Crippen molar-refractivity contribution in [3.63, 3.8) is 0 Å². The lowest BCUT2D eigenvalue weighted by atomic mass is 10.1. The number of halogens is 2. The van der Waals surface area contributed by atoms with Gasteiger partial charge in [-0.25, -0.2) is 9.18 Å². The highest BCUT2D eigenvalue weighted by atomic mass is 35.5. The van der Waals surface area contributed by atoms with Crippen LogP contribution in [-0.2, 0) is 4.74 Å². The predicted octanol–water partition coefficient (Wildman–Crippen LogP) is 2.94. The number of esters is 1. The van der Waals surface area contributed by atoms with E-state index in [9.17, 15) is 9.18 Å². The molecule has 16 heavy (non-hydrogen) atoms. The Morgan fingerprint density at radius 2 is 2.25 bits per heavy atom. The number of hydrogen-bond acceptors (Lipinski definition) is 3. The van der Waals surface area contributed by atoms with Crippen molar-refractivity contribution in [3.05, 3.63) is 28.0 Å². The molecule has 88 valence electrons. The number of hydrogen-bond donors (Lipinski definition) is 1. The fraction of sp³-hybridized carbons (Fsp3) is 0.364. The zero-order chi connectivity index (χ0) is 12.3. The zero-order valence-corrected chi connectivity index (χ0v) is 9.90. The van der Waals surface area contributed by atoms with E-state index in [4.69, 9.17) is 22.1 Å². The Morgan fingerprint density at radius 1 is 1.62 bits per heavy atom. The normalized spacial score (nSPS) is 10.2. The molecule has 1 aromatic carbocycles. The first kappa shape index (κ1) is 12.8. The number of carbonyl (C=O) groups excluding carboxylic acids is 1. The van der Waals surface area contributed by atoms with Crippen LogP contribution in [0.1, 0.15) is 29.3 Å². The molecule has 0 unspecified atom stereocenters. The highest BCUT2D eigenvalue weighted by Gasteiger charge is 2.20. The zero-order valence-electron chi connectivity index (χ0n) is 9.14. The summed E-state index contributed by atoms with van der Waals surface area (Å²) in [6.07, 6.45) is 0.678. The van der Waals surface area contributed by atoms with E-state index in [1.54, 1.807) is 6.92 Å². The summed E-state index contributed by atoms with van der Waals surface area (Å²) < 4.78 is 18.2. The van der Waals surface area contributed by atoms with Gasteiger partial charge < -0.3 is 10.5 Å². The summed E-state index contributed by atoms with van der Waals surface area (Å²) in [5.74, 6) is -1.35. The minimum atomic E-state index is -0.688. The molecule has 0 radical (unpaired) electrons. The third kappa shape index (κ3) is 2.44. The fourth-order valence-electron chi connectivity index (χ4n) is 1.23. The van der Waals surface area contributed by atoms with Crippen LogP contribution in [0.4, 0.5) is 10.1 Å². The average molecular weight is 246 g/mol. The van der Waals surface area contributed by atoms with Crippen molar-refractivity contribution >= 4 is 23.3 Å². The number of nitrogen functional groups attached to an aromatic ring is 1. The minimum Gasteiger partial charge on any atom is -0.462 e. The summed E-state index contributed by atoms with van der Waals surface area (Å²) >= 11 is 5.90. The van der Waals surface area contributed by atoms with E-state index in [1.165, 1.54) is 6.07 Å². The third-order valence-corrected chi connectivity index (χ3v) is 2.56. The van der Waals surface area contributed by atoms with Gasteiger partial charge in [0.1, 0.15) is 11.4 Å². The summed E-state index contributed by atoms with van der Waals surface area (Å²) in [5.41, 5.74) is 5.56. The van der Waals surface area contributed by atoms with Gasteiger partial charge >= 0.3 is 5.97 Å². The van der Waals surface area contributed by atoms with Gasteiger partial charge in [-0.1, -0.05) is 18.5 Å². The number of nitrogens with two attached hydrogens (primary N) is 1. The Balaban J connectivity index is 3.16. The molecular weight excluding hydrogens is 233 g/mol. The Morgan fingerprint density at radius 3 is 2.81 bits per heavy atom. The molecule has 3 nitrogen and oxygen atoms in total. The summed E-state index contributed by atoms with van der Waals surface area (Å²) in [5, 5.41) is 0.139. The SMILES string of the molecule is CCCOC(=O)c1c(N)c(F)cc(C)c1Cl. The molecule has 0 amide bonds. The summed E-state index contributed by atoms with van der Waals surface area (Å²) in [4.78, 5) is 11.6. The molecule has 1 rings (SSSR count). The lowest BCUT2D eigenvalue weighted by Gasteiger charge is -2.10. The van der Waals surface area contributed by atoms with Gasteiger partial charge in [-0.3, -0.25) is 0 Å². The van der Waals surface area contributed by atoms with Crippen molar-refractivity contribution in [3.8, 4) is 0 Å². The molecule has 0 fully saturated rings. The molecule has 0 saturated carbocycles. The van der Waals surface area contributed by atoms with Gasteiger partial charge in [0.05, 0.1) is 17.3 Å². The van der Waals surface area contributed by atoms with E-state index < -0.39 is 11.8 Å². The maximum absolute atomic E-state index is 13.3. The first-order valence-electron chi connectivity index (χ1n) is 4.90. The summed E-state index contributed by atoms with van der Waals surface area (Å²) in [6, 6.07) is 1.19. The molecule has 5 heteroatoms. The van der Waals surface area contributed by atoms with Crippen molar-refractivity contribution in [1.29, 1.82) is 0 Å². The molecule has 0 spiro atoms. The molecule has 0 aliphatic rings.